The van der Waals surface area contributed by atoms with Crippen LogP contribution >= 0.6 is 11.8 Å². The average Bonchev–Trinajstić information content (AvgIpc) is 2.72. The molecule has 0 bridgehead atoms. The van der Waals surface area contributed by atoms with E-state index in [2.05, 4.69) is 17.3 Å². The average molecular weight is 218 g/mol. The molecule has 0 spiro atoms. The van der Waals surface area contributed by atoms with Crippen LogP contribution in [0.1, 0.15) is 11.3 Å². The number of thioether (sulfide) groups is 1. The van der Waals surface area contributed by atoms with Crippen molar-refractivity contribution in [1.29, 1.82) is 0 Å². The fourth-order valence-electron chi connectivity index (χ4n) is 1.79. The molecule has 0 fully saturated rings. The highest BCUT2D eigenvalue weighted by molar-refractivity contribution is 7.98. The van der Waals surface area contributed by atoms with Crippen LogP contribution in [0.5, 0.6) is 0 Å². The first-order valence-electron chi connectivity index (χ1n) is 4.80. The first-order valence-corrected chi connectivity index (χ1v) is 5.78. The number of hydrogen-bond donors (Lipinski definition) is 1. The number of rotatable bonds is 1. The van der Waals surface area contributed by atoms with Gasteiger partial charge in [-0.05, 0) is 12.1 Å². The summed E-state index contributed by atoms with van der Waals surface area (Å²) in [6, 6.07) is 8.22. The third-order valence-corrected chi connectivity index (χ3v) is 3.67. The lowest BCUT2D eigenvalue weighted by atomic mass is 10.1. The maximum atomic E-state index is 5.61. The largest absolute Gasteiger partial charge is 0.356 e. The molecule has 0 unspecified atom stereocenters. The topological polar surface area (TPSA) is 52.0 Å². The van der Waals surface area contributed by atoms with Gasteiger partial charge in [-0.15, -0.1) is 11.8 Å². The Kier molecular flexibility index (Phi) is 2.04. The molecule has 76 valence electrons. The van der Waals surface area contributed by atoms with E-state index in [-0.39, 0.29) is 0 Å². The lowest BCUT2D eigenvalue weighted by molar-refractivity contribution is 0.423. The van der Waals surface area contributed by atoms with Crippen molar-refractivity contribution in [2.75, 3.05) is 0 Å². The van der Waals surface area contributed by atoms with Crippen LogP contribution in [-0.2, 0) is 12.3 Å². The molecular weight excluding hydrogens is 208 g/mol. The molecule has 4 heteroatoms. The molecule has 0 radical (unpaired) electrons. The summed E-state index contributed by atoms with van der Waals surface area (Å²) < 4.78 is 5.36. The quantitative estimate of drug-likeness (QED) is 0.798. The molecule has 15 heavy (non-hydrogen) atoms. The molecule has 2 heterocycles. The van der Waals surface area contributed by atoms with Gasteiger partial charge in [0, 0.05) is 28.3 Å². The Bertz CT molecular complexity index is 507. The van der Waals surface area contributed by atoms with Crippen molar-refractivity contribution in [3.8, 4) is 11.3 Å². The minimum atomic E-state index is 0.446. The summed E-state index contributed by atoms with van der Waals surface area (Å²) in [6.45, 7) is 0.446. The molecule has 0 atom stereocenters. The Balaban J connectivity index is 2.22. The van der Waals surface area contributed by atoms with Crippen LogP contribution in [-0.4, -0.2) is 5.16 Å². The molecule has 1 aliphatic rings. The van der Waals surface area contributed by atoms with Crippen LogP contribution in [0.25, 0.3) is 11.3 Å². The summed E-state index contributed by atoms with van der Waals surface area (Å²) >= 11 is 1.81. The first kappa shape index (κ1) is 9.00. The summed E-state index contributed by atoms with van der Waals surface area (Å²) in [5, 5.41) is 4.00. The summed E-state index contributed by atoms with van der Waals surface area (Å²) in [4.78, 5) is 1.25. The predicted molar refractivity (Wildman–Crippen MR) is 59.4 cm³/mol. The summed E-state index contributed by atoms with van der Waals surface area (Å²) in [6.07, 6.45) is 0. The highest BCUT2D eigenvalue weighted by Crippen LogP contribution is 2.42. The van der Waals surface area contributed by atoms with Crippen LogP contribution in [0.4, 0.5) is 0 Å². The molecule has 3 nitrogen and oxygen atoms in total. The lowest BCUT2D eigenvalue weighted by Crippen LogP contribution is -2.02. The van der Waals surface area contributed by atoms with Crippen molar-refractivity contribution in [3.05, 3.63) is 35.5 Å². The van der Waals surface area contributed by atoms with Crippen molar-refractivity contribution in [3.63, 3.8) is 0 Å². The zero-order valence-corrected chi connectivity index (χ0v) is 8.88. The van der Waals surface area contributed by atoms with Gasteiger partial charge in [-0.1, -0.05) is 17.3 Å². The molecule has 0 saturated heterocycles. The van der Waals surface area contributed by atoms with Crippen molar-refractivity contribution in [2.24, 2.45) is 5.73 Å². The van der Waals surface area contributed by atoms with Gasteiger partial charge < -0.3 is 10.3 Å². The smallest absolute Gasteiger partial charge is 0.172 e. The third-order valence-electron chi connectivity index (χ3n) is 2.57. The fourth-order valence-corrected chi connectivity index (χ4v) is 2.88. The van der Waals surface area contributed by atoms with E-state index in [0.29, 0.717) is 6.54 Å². The van der Waals surface area contributed by atoms with E-state index in [1.54, 1.807) is 0 Å². The van der Waals surface area contributed by atoms with Gasteiger partial charge in [-0.2, -0.15) is 0 Å². The van der Waals surface area contributed by atoms with Gasteiger partial charge in [-0.3, -0.25) is 0 Å². The minimum Gasteiger partial charge on any atom is -0.356 e. The number of nitrogens with two attached hydrogens (primary N) is 1. The summed E-state index contributed by atoms with van der Waals surface area (Å²) in [5.74, 6) is 1.80. The maximum Gasteiger partial charge on any atom is 0.172 e. The van der Waals surface area contributed by atoms with Crippen LogP contribution in [0.2, 0.25) is 0 Å². The Morgan fingerprint density at radius 3 is 3.13 bits per heavy atom. The van der Waals surface area contributed by atoms with E-state index in [0.717, 1.165) is 28.3 Å². The molecule has 3 rings (SSSR count). The lowest BCUT2D eigenvalue weighted by Gasteiger charge is -2.13. The zero-order chi connectivity index (χ0) is 10.3. The molecule has 0 amide bonds. The van der Waals surface area contributed by atoms with Crippen molar-refractivity contribution in [1.82, 2.24) is 5.16 Å². The van der Waals surface area contributed by atoms with E-state index < -0.39 is 0 Å². The molecule has 1 aliphatic heterocycles. The van der Waals surface area contributed by atoms with Gasteiger partial charge in [0.15, 0.2) is 5.76 Å². The van der Waals surface area contributed by atoms with Crippen LogP contribution in [0.15, 0.2) is 33.7 Å². The Morgan fingerprint density at radius 1 is 1.40 bits per heavy atom. The Hall–Kier alpha value is -1.26. The fraction of sp³-hybridized carbons (Fsp3) is 0.182. The maximum absolute atomic E-state index is 5.61. The number of nitrogens with zero attached hydrogens (tertiary/aromatic N) is 1. The van der Waals surface area contributed by atoms with E-state index in [1.807, 2.05) is 23.9 Å². The molecule has 2 aromatic rings. The van der Waals surface area contributed by atoms with Gasteiger partial charge in [-0.25, -0.2) is 0 Å². The van der Waals surface area contributed by atoms with Gasteiger partial charge in [0.2, 0.25) is 0 Å². The van der Waals surface area contributed by atoms with Crippen molar-refractivity contribution >= 4 is 11.8 Å². The predicted octanol–water partition coefficient (Wildman–Crippen LogP) is 2.41. The molecule has 1 aromatic heterocycles. The van der Waals surface area contributed by atoms with E-state index >= 15 is 0 Å². The Morgan fingerprint density at radius 2 is 2.27 bits per heavy atom. The normalized spacial score (nSPS) is 13.4. The van der Waals surface area contributed by atoms with Crippen LogP contribution < -0.4 is 5.73 Å². The number of hydrogen-bond acceptors (Lipinski definition) is 4. The molecule has 0 aliphatic carbocycles. The van der Waals surface area contributed by atoms with Crippen LogP contribution in [0.3, 0.4) is 0 Å². The highest BCUT2D eigenvalue weighted by atomic mass is 32.2. The van der Waals surface area contributed by atoms with E-state index in [4.69, 9.17) is 10.3 Å². The number of benzene rings is 1. The number of aromatic nitrogens is 1. The summed E-state index contributed by atoms with van der Waals surface area (Å²) in [7, 11) is 0. The SMILES string of the molecule is NCc1noc2c1CSc1ccccc1-2. The summed E-state index contributed by atoms with van der Waals surface area (Å²) in [5.41, 5.74) is 8.78. The molecule has 2 N–H and O–H groups in total. The van der Waals surface area contributed by atoms with Gasteiger partial charge in [0.1, 0.15) is 5.69 Å². The highest BCUT2D eigenvalue weighted by Gasteiger charge is 2.23. The molecule has 1 aromatic carbocycles. The van der Waals surface area contributed by atoms with Crippen LogP contribution in [0, 0.1) is 0 Å². The monoisotopic (exact) mass is 218 g/mol. The molecular formula is C11H10N2OS. The van der Waals surface area contributed by atoms with Gasteiger partial charge in [0.25, 0.3) is 0 Å². The van der Waals surface area contributed by atoms with Crippen molar-refractivity contribution in [2.45, 2.75) is 17.2 Å². The molecule has 0 saturated carbocycles. The minimum absolute atomic E-state index is 0.446. The zero-order valence-electron chi connectivity index (χ0n) is 8.06. The van der Waals surface area contributed by atoms with Gasteiger partial charge >= 0.3 is 0 Å². The van der Waals surface area contributed by atoms with E-state index in [1.165, 1.54) is 4.90 Å². The number of fused-ring (bicyclic) bond motifs is 3. The van der Waals surface area contributed by atoms with E-state index in [9.17, 15) is 0 Å². The second-order valence-corrected chi connectivity index (χ2v) is 4.44. The van der Waals surface area contributed by atoms with Gasteiger partial charge in [0.05, 0.1) is 0 Å². The van der Waals surface area contributed by atoms with Crippen molar-refractivity contribution < 1.29 is 4.52 Å². The second kappa shape index (κ2) is 3.40. The third kappa shape index (κ3) is 1.29. The standard InChI is InChI=1S/C11H10N2OS/c12-5-9-8-6-15-10-4-2-1-3-7(10)11(8)14-13-9/h1-4H,5-6,12H2. The Labute approximate surface area is 91.6 Å². The second-order valence-electron chi connectivity index (χ2n) is 3.43. The first-order chi connectivity index (χ1) is 7.40.